The quantitative estimate of drug-likeness (QED) is 0.875. The molecule has 1 aliphatic rings. The fraction of sp³-hybridized carbons (Fsp3) is 0.533. The molecule has 2 amide bonds. The Morgan fingerprint density at radius 2 is 2.16 bits per heavy atom. The van der Waals surface area contributed by atoms with Crippen LogP contribution in [0, 0.1) is 6.92 Å². The van der Waals surface area contributed by atoms with Crippen LogP contribution in [0.2, 0.25) is 0 Å². The Kier molecular flexibility index (Phi) is 4.80. The maximum atomic E-state index is 11.8. The highest BCUT2D eigenvalue weighted by Crippen LogP contribution is 2.15. The predicted octanol–water partition coefficient (Wildman–Crippen LogP) is 2.36. The molecule has 0 aromatic heterocycles. The van der Waals surface area contributed by atoms with Crippen molar-refractivity contribution in [1.82, 2.24) is 10.6 Å². The van der Waals surface area contributed by atoms with E-state index in [0.29, 0.717) is 6.54 Å². The average Bonchev–Trinajstić information content (AvgIpc) is 2.92. The Morgan fingerprint density at radius 1 is 1.42 bits per heavy atom. The van der Waals surface area contributed by atoms with Gasteiger partial charge < -0.3 is 15.4 Å². The molecular formula is C15H22N2O2. The van der Waals surface area contributed by atoms with Crippen LogP contribution >= 0.6 is 0 Å². The van der Waals surface area contributed by atoms with Gasteiger partial charge >= 0.3 is 6.03 Å². The number of hydrogen-bond donors (Lipinski definition) is 2. The molecule has 1 fully saturated rings. The third kappa shape index (κ3) is 4.24. The van der Waals surface area contributed by atoms with Crippen molar-refractivity contribution in [2.45, 2.75) is 45.4 Å². The molecule has 0 aliphatic carbocycles. The van der Waals surface area contributed by atoms with Gasteiger partial charge in [0, 0.05) is 13.2 Å². The molecule has 104 valence electrons. The summed E-state index contributed by atoms with van der Waals surface area (Å²) < 4.78 is 5.55. The second-order valence-corrected chi connectivity index (χ2v) is 5.15. The van der Waals surface area contributed by atoms with Gasteiger partial charge in [-0.2, -0.15) is 0 Å². The molecule has 1 aromatic carbocycles. The molecule has 4 nitrogen and oxygen atoms in total. The molecule has 1 heterocycles. The van der Waals surface area contributed by atoms with E-state index in [-0.39, 0.29) is 18.2 Å². The predicted molar refractivity (Wildman–Crippen MR) is 75.0 cm³/mol. The lowest BCUT2D eigenvalue weighted by molar-refractivity contribution is 0.0860. The van der Waals surface area contributed by atoms with Crippen LogP contribution in [-0.2, 0) is 11.3 Å². The molecule has 0 radical (unpaired) electrons. The second-order valence-electron chi connectivity index (χ2n) is 5.15. The normalized spacial score (nSPS) is 20.0. The largest absolute Gasteiger partial charge is 0.376 e. The zero-order chi connectivity index (χ0) is 13.7. The van der Waals surface area contributed by atoms with E-state index in [4.69, 9.17) is 4.74 Å². The first-order valence-corrected chi connectivity index (χ1v) is 6.86. The summed E-state index contributed by atoms with van der Waals surface area (Å²) >= 11 is 0. The van der Waals surface area contributed by atoms with Crippen molar-refractivity contribution in [3.63, 3.8) is 0 Å². The van der Waals surface area contributed by atoms with Crippen LogP contribution in [0.1, 0.15) is 30.9 Å². The number of amides is 2. The van der Waals surface area contributed by atoms with E-state index in [2.05, 4.69) is 10.6 Å². The van der Waals surface area contributed by atoms with Crippen LogP contribution < -0.4 is 10.6 Å². The van der Waals surface area contributed by atoms with Crippen LogP contribution in [0.3, 0.4) is 0 Å². The number of benzene rings is 1. The molecule has 0 spiro atoms. The molecule has 4 heteroatoms. The van der Waals surface area contributed by atoms with Gasteiger partial charge in [0.25, 0.3) is 0 Å². The average molecular weight is 262 g/mol. The van der Waals surface area contributed by atoms with E-state index >= 15 is 0 Å². The molecule has 0 bridgehead atoms. The van der Waals surface area contributed by atoms with Crippen LogP contribution in [0.15, 0.2) is 24.3 Å². The lowest BCUT2D eigenvalue weighted by Gasteiger charge is -2.20. The first kappa shape index (κ1) is 13.9. The number of urea groups is 1. The summed E-state index contributed by atoms with van der Waals surface area (Å²) in [5.41, 5.74) is 2.32. The molecule has 2 rings (SSSR count). The van der Waals surface area contributed by atoms with Gasteiger partial charge in [-0.25, -0.2) is 4.79 Å². The van der Waals surface area contributed by atoms with Gasteiger partial charge in [0.05, 0.1) is 12.1 Å². The number of carbonyl (C=O) groups excluding carboxylic acids is 1. The minimum atomic E-state index is -0.136. The summed E-state index contributed by atoms with van der Waals surface area (Å²) in [4.78, 5) is 11.8. The molecule has 1 saturated heterocycles. The Morgan fingerprint density at radius 3 is 2.79 bits per heavy atom. The van der Waals surface area contributed by atoms with Crippen LogP contribution in [0.4, 0.5) is 4.79 Å². The monoisotopic (exact) mass is 262 g/mol. The zero-order valence-electron chi connectivity index (χ0n) is 11.6. The van der Waals surface area contributed by atoms with Crippen molar-refractivity contribution in [3.05, 3.63) is 35.4 Å². The fourth-order valence-electron chi connectivity index (χ4n) is 2.24. The number of nitrogens with one attached hydrogen (secondary N) is 2. The highest BCUT2D eigenvalue weighted by Gasteiger charge is 2.23. The maximum Gasteiger partial charge on any atom is 0.315 e. The summed E-state index contributed by atoms with van der Waals surface area (Å²) in [6.45, 7) is 5.39. The highest BCUT2D eigenvalue weighted by atomic mass is 16.5. The van der Waals surface area contributed by atoms with Crippen molar-refractivity contribution in [3.8, 4) is 0 Å². The molecule has 0 saturated carbocycles. The molecule has 0 unspecified atom stereocenters. The molecular weight excluding hydrogens is 240 g/mol. The number of aryl methyl sites for hydroxylation is 1. The molecule has 2 N–H and O–H groups in total. The Hall–Kier alpha value is -1.55. The maximum absolute atomic E-state index is 11.8. The zero-order valence-corrected chi connectivity index (χ0v) is 11.6. The van der Waals surface area contributed by atoms with Crippen LogP contribution in [-0.4, -0.2) is 24.8 Å². The van der Waals surface area contributed by atoms with E-state index in [9.17, 15) is 4.79 Å². The van der Waals surface area contributed by atoms with Gasteiger partial charge in [0.2, 0.25) is 0 Å². The molecule has 2 atom stereocenters. The first-order valence-electron chi connectivity index (χ1n) is 6.86. The van der Waals surface area contributed by atoms with E-state index in [1.54, 1.807) is 0 Å². The van der Waals surface area contributed by atoms with E-state index in [1.807, 2.05) is 38.1 Å². The number of ether oxygens (including phenoxy) is 1. The van der Waals surface area contributed by atoms with Gasteiger partial charge in [-0.15, -0.1) is 0 Å². The molecule has 1 aliphatic heterocycles. The SMILES string of the molecule is Cc1ccc(CNC(=O)N[C@@H](C)[C@@H]2CCCO2)cc1. The third-order valence-electron chi connectivity index (χ3n) is 3.46. The van der Waals surface area contributed by atoms with Crippen LogP contribution in [0.5, 0.6) is 0 Å². The third-order valence-corrected chi connectivity index (χ3v) is 3.46. The number of carbonyl (C=O) groups is 1. The topological polar surface area (TPSA) is 50.4 Å². The summed E-state index contributed by atoms with van der Waals surface area (Å²) in [7, 11) is 0. The van der Waals surface area contributed by atoms with E-state index in [1.165, 1.54) is 5.56 Å². The molecule has 19 heavy (non-hydrogen) atoms. The Labute approximate surface area is 114 Å². The van der Waals surface area contributed by atoms with E-state index in [0.717, 1.165) is 25.0 Å². The van der Waals surface area contributed by atoms with Gasteiger partial charge in [0.15, 0.2) is 0 Å². The van der Waals surface area contributed by atoms with E-state index < -0.39 is 0 Å². The summed E-state index contributed by atoms with van der Waals surface area (Å²) in [5.74, 6) is 0. The second kappa shape index (κ2) is 6.57. The first-order chi connectivity index (χ1) is 9.15. The van der Waals surface area contributed by atoms with Crippen LogP contribution in [0.25, 0.3) is 0 Å². The van der Waals surface area contributed by atoms with Crippen molar-refractivity contribution in [2.24, 2.45) is 0 Å². The highest BCUT2D eigenvalue weighted by molar-refractivity contribution is 5.74. The summed E-state index contributed by atoms with van der Waals surface area (Å²) in [6.07, 6.45) is 2.27. The number of hydrogen-bond acceptors (Lipinski definition) is 2. The Bertz CT molecular complexity index is 411. The molecule has 1 aromatic rings. The fourth-order valence-corrected chi connectivity index (χ4v) is 2.24. The smallest absolute Gasteiger partial charge is 0.315 e. The van der Waals surface area contributed by atoms with Crippen molar-refractivity contribution >= 4 is 6.03 Å². The number of rotatable bonds is 4. The summed E-state index contributed by atoms with van der Waals surface area (Å²) in [5, 5.41) is 5.80. The van der Waals surface area contributed by atoms with Gasteiger partial charge in [0.1, 0.15) is 0 Å². The van der Waals surface area contributed by atoms with Crippen molar-refractivity contribution in [2.75, 3.05) is 6.61 Å². The minimum absolute atomic E-state index is 0.0560. The van der Waals surface area contributed by atoms with Crippen molar-refractivity contribution in [1.29, 1.82) is 0 Å². The van der Waals surface area contributed by atoms with Gasteiger partial charge in [-0.3, -0.25) is 0 Å². The lowest BCUT2D eigenvalue weighted by Crippen LogP contribution is -2.45. The Balaban J connectivity index is 1.73. The van der Waals surface area contributed by atoms with Crippen molar-refractivity contribution < 1.29 is 9.53 Å². The van der Waals surface area contributed by atoms with Gasteiger partial charge in [-0.05, 0) is 32.3 Å². The van der Waals surface area contributed by atoms with Gasteiger partial charge in [-0.1, -0.05) is 29.8 Å². The minimum Gasteiger partial charge on any atom is -0.376 e. The summed E-state index contributed by atoms with van der Waals surface area (Å²) in [6, 6.07) is 8.07. The lowest BCUT2D eigenvalue weighted by atomic mass is 10.1. The standard InChI is InChI=1S/C15H22N2O2/c1-11-5-7-13(8-6-11)10-16-15(18)17-12(2)14-4-3-9-19-14/h5-8,12,14H,3-4,9-10H2,1-2H3,(H2,16,17,18)/t12-,14-/m0/s1.